The van der Waals surface area contributed by atoms with Crippen molar-refractivity contribution in [2.24, 2.45) is 0 Å². The molecule has 0 aromatic heterocycles. The molecule has 0 spiro atoms. The van der Waals surface area contributed by atoms with Gasteiger partial charge in [-0.1, -0.05) is 26.7 Å². The zero-order valence-corrected chi connectivity index (χ0v) is 13.7. The minimum absolute atomic E-state index is 0.124. The van der Waals surface area contributed by atoms with Gasteiger partial charge in [0.1, 0.15) is 5.54 Å². The molecule has 1 aliphatic heterocycles. The van der Waals surface area contributed by atoms with Crippen molar-refractivity contribution in [1.29, 1.82) is 0 Å². The Hall–Kier alpha value is -0.610. The Morgan fingerprint density at radius 3 is 2.65 bits per heavy atom. The van der Waals surface area contributed by atoms with Gasteiger partial charge in [0.15, 0.2) is 0 Å². The van der Waals surface area contributed by atoms with Crippen molar-refractivity contribution >= 4 is 5.97 Å². The van der Waals surface area contributed by atoms with Crippen LogP contribution in [0, 0.1) is 0 Å². The standard InChI is InChI=1S/C16H32N2O2/c1-5-14-11-9-8-10-12-18(14)13-16(4,17-6-2)15(19)20-7-3/h14,17H,5-13H2,1-4H3. The molecule has 20 heavy (non-hydrogen) atoms. The summed E-state index contributed by atoms with van der Waals surface area (Å²) in [5.74, 6) is -0.124. The lowest BCUT2D eigenvalue weighted by Crippen LogP contribution is -2.59. The molecule has 1 rings (SSSR count). The molecule has 0 aromatic rings. The van der Waals surface area contributed by atoms with E-state index in [-0.39, 0.29) is 5.97 Å². The largest absolute Gasteiger partial charge is 0.465 e. The van der Waals surface area contributed by atoms with Gasteiger partial charge in [0.2, 0.25) is 0 Å². The van der Waals surface area contributed by atoms with Crippen LogP contribution in [0.4, 0.5) is 0 Å². The van der Waals surface area contributed by atoms with Crippen molar-refractivity contribution in [3.63, 3.8) is 0 Å². The number of carbonyl (C=O) groups is 1. The highest BCUT2D eigenvalue weighted by atomic mass is 16.5. The van der Waals surface area contributed by atoms with Crippen LogP contribution in [0.25, 0.3) is 0 Å². The Balaban J connectivity index is 2.78. The Labute approximate surface area is 124 Å². The summed E-state index contributed by atoms with van der Waals surface area (Å²) in [6, 6.07) is 0.602. The number of nitrogens with one attached hydrogen (secondary N) is 1. The third-order valence-electron chi connectivity index (χ3n) is 4.28. The van der Waals surface area contributed by atoms with Gasteiger partial charge in [-0.15, -0.1) is 0 Å². The molecule has 1 aliphatic rings. The molecule has 1 fully saturated rings. The molecule has 118 valence electrons. The first-order valence-corrected chi connectivity index (χ1v) is 8.23. The van der Waals surface area contributed by atoms with E-state index in [2.05, 4.69) is 17.1 Å². The van der Waals surface area contributed by atoms with Crippen molar-refractivity contribution in [2.75, 3.05) is 26.2 Å². The van der Waals surface area contributed by atoms with E-state index in [1.54, 1.807) is 0 Å². The predicted molar refractivity (Wildman–Crippen MR) is 82.8 cm³/mol. The second-order valence-electron chi connectivity index (χ2n) is 5.96. The van der Waals surface area contributed by atoms with Crippen LogP contribution in [-0.4, -0.2) is 48.7 Å². The van der Waals surface area contributed by atoms with Gasteiger partial charge in [-0.2, -0.15) is 0 Å². The number of esters is 1. The van der Waals surface area contributed by atoms with Gasteiger partial charge in [0, 0.05) is 12.6 Å². The third kappa shape index (κ3) is 4.74. The minimum Gasteiger partial charge on any atom is -0.465 e. The molecule has 4 heteroatoms. The van der Waals surface area contributed by atoms with Gasteiger partial charge in [0.25, 0.3) is 0 Å². The summed E-state index contributed by atoms with van der Waals surface area (Å²) in [7, 11) is 0. The summed E-state index contributed by atoms with van der Waals surface area (Å²) in [5, 5.41) is 3.34. The highest BCUT2D eigenvalue weighted by Crippen LogP contribution is 2.22. The lowest BCUT2D eigenvalue weighted by molar-refractivity contribution is -0.151. The molecule has 1 N–H and O–H groups in total. The van der Waals surface area contributed by atoms with E-state index in [0.717, 1.165) is 26.1 Å². The quantitative estimate of drug-likeness (QED) is 0.730. The van der Waals surface area contributed by atoms with Crippen molar-refractivity contribution in [2.45, 2.75) is 71.4 Å². The molecule has 2 unspecified atom stereocenters. The molecule has 4 nitrogen and oxygen atoms in total. The lowest BCUT2D eigenvalue weighted by Gasteiger charge is -2.37. The van der Waals surface area contributed by atoms with E-state index in [1.165, 1.54) is 25.7 Å². The van der Waals surface area contributed by atoms with Crippen LogP contribution in [0.3, 0.4) is 0 Å². The first kappa shape index (κ1) is 17.4. The summed E-state index contributed by atoms with van der Waals surface area (Å²) in [5.41, 5.74) is -0.595. The maximum absolute atomic E-state index is 12.3. The highest BCUT2D eigenvalue weighted by Gasteiger charge is 2.37. The Bertz CT molecular complexity index is 296. The van der Waals surface area contributed by atoms with Gasteiger partial charge in [-0.05, 0) is 46.2 Å². The molecule has 0 radical (unpaired) electrons. The van der Waals surface area contributed by atoms with Crippen molar-refractivity contribution in [3.05, 3.63) is 0 Å². The fraction of sp³-hybridized carbons (Fsp3) is 0.938. The number of hydrogen-bond donors (Lipinski definition) is 1. The van der Waals surface area contributed by atoms with Crippen LogP contribution < -0.4 is 5.32 Å². The average molecular weight is 284 g/mol. The number of likely N-dealkylation sites (tertiary alicyclic amines) is 1. The van der Waals surface area contributed by atoms with E-state index in [9.17, 15) is 4.79 Å². The summed E-state index contributed by atoms with van der Waals surface area (Å²) >= 11 is 0. The second-order valence-corrected chi connectivity index (χ2v) is 5.96. The van der Waals surface area contributed by atoms with Crippen LogP contribution in [0.15, 0.2) is 0 Å². The number of ether oxygens (including phenoxy) is 1. The normalized spacial score (nSPS) is 23.9. The van der Waals surface area contributed by atoms with Crippen molar-refractivity contribution < 1.29 is 9.53 Å². The Kier molecular flexibility index (Phi) is 7.52. The monoisotopic (exact) mass is 284 g/mol. The maximum atomic E-state index is 12.3. The molecule has 0 bridgehead atoms. The van der Waals surface area contributed by atoms with Crippen LogP contribution >= 0.6 is 0 Å². The highest BCUT2D eigenvalue weighted by molar-refractivity contribution is 5.80. The van der Waals surface area contributed by atoms with Crippen molar-refractivity contribution in [3.8, 4) is 0 Å². The summed E-state index contributed by atoms with van der Waals surface area (Å²) in [6.07, 6.45) is 6.27. The van der Waals surface area contributed by atoms with E-state index >= 15 is 0 Å². The first-order valence-electron chi connectivity index (χ1n) is 8.23. The molecular weight excluding hydrogens is 252 g/mol. The average Bonchev–Trinajstić information content (AvgIpc) is 2.64. The summed E-state index contributed by atoms with van der Waals surface area (Å²) in [4.78, 5) is 14.8. The maximum Gasteiger partial charge on any atom is 0.327 e. The lowest BCUT2D eigenvalue weighted by atomic mass is 9.99. The van der Waals surface area contributed by atoms with Crippen LogP contribution in [0.2, 0.25) is 0 Å². The minimum atomic E-state index is -0.595. The molecule has 1 saturated heterocycles. The molecular formula is C16H32N2O2. The zero-order chi connectivity index (χ0) is 15.0. The SMILES string of the molecule is CCNC(C)(CN1CCCCCC1CC)C(=O)OCC. The van der Waals surface area contributed by atoms with Crippen molar-refractivity contribution in [1.82, 2.24) is 10.2 Å². The molecule has 0 aromatic carbocycles. The third-order valence-corrected chi connectivity index (χ3v) is 4.28. The van der Waals surface area contributed by atoms with E-state index in [4.69, 9.17) is 4.74 Å². The van der Waals surface area contributed by atoms with Crippen LogP contribution in [0.5, 0.6) is 0 Å². The fourth-order valence-electron chi connectivity index (χ4n) is 3.19. The molecule has 0 aliphatic carbocycles. The van der Waals surface area contributed by atoms with E-state index in [0.29, 0.717) is 12.6 Å². The molecule has 0 saturated carbocycles. The Morgan fingerprint density at radius 2 is 2.05 bits per heavy atom. The first-order chi connectivity index (χ1) is 9.57. The van der Waals surface area contributed by atoms with E-state index in [1.807, 2.05) is 20.8 Å². The van der Waals surface area contributed by atoms with Gasteiger partial charge < -0.3 is 10.1 Å². The molecule has 2 atom stereocenters. The number of likely N-dealkylation sites (N-methyl/N-ethyl adjacent to an activating group) is 1. The number of hydrogen-bond acceptors (Lipinski definition) is 4. The topological polar surface area (TPSA) is 41.6 Å². The van der Waals surface area contributed by atoms with Gasteiger partial charge in [-0.25, -0.2) is 0 Å². The van der Waals surface area contributed by atoms with Gasteiger partial charge in [-0.3, -0.25) is 9.69 Å². The number of rotatable bonds is 7. The van der Waals surface area contributed by atoms with Crippen LogP contribution in [0.1, 0.15) is 59.8 Å². The molecule has 0 amide bonds. The van der Waals surface area contributed by atoms with Crippen LogP contribution in [-0.2, 0) is 9.53 Å². The summed E-state index contributed by atoms with van der Waals surface area (Å²) in [6.45, 7) is 11.2. The second kappa shape index (κ2) is 8.63. The zero-order valence-electron chi connectivity index (χ0n) is 13.7. The van der Waals surface area contributed by atoms with Gasteiger partial charge >= 0.3 is 5.97 Å². The smallest absolute Gasteiger partial charge is 0.327 e. The molecule has 1 heterocycles. The van der Waals surface area contributed by atoms with E-state index < -0.39 is 5.54 Å². The summed E-state index contributed by atoms with van der Waals surface area (Å²) < 4.78 is 5.27. The predicted octanol–water partition coefficient (Wildman–Crippen LogP) is 2.57. The fourth-order valence-corrected chi connectivity index (χ4v) is 3.19. The number of carbonyl (C=O) groups excluding carboxylic acids is 1. The van der Waals surface area contributed by atoms with Gasteiger partial charge in [0.05, 0.1) is 6.61 Å². The number of nitrogens with zero attached hydrogens (tertiary/aromatic N) is 1. The Morgan fingerprint density at radius 1 is 1.30 bits per heavy atom.